The zero-order valence-electron chi connectivity index (χ0n) is 12.9. The molecular weight excluding hydrogens is 316 g/mol. The van der Waals surface area contributed by atoms with E-state index in [0.29, 0.717) is 10.6 Å². The maximum Gasteiger partial charge on any atom is 0.273 e. The lowest BCUT2D eigenvalue weighted by Crippen LogP contribution is -2.31. The number of nitrogen functional groups attached to an aromatic ring is 1. The highest BCUT2D eigenvalue weighted by Gasteiger charge is 2.34. The second kappa shape index (κ2) is 5.70. The topological polar surface area (TPSA) is 81.2 Å². The van der Waals surface area contributed by atoms with Gasteiger partial charge in [-0.3, -0.25) is 14.2 Å². The van der Waals surface area contributed by atoms with Crippen LogP contribution in [0, 0.1) is 0 Å². The molecule has 1 aliphatic heterocycles. The van der Waals surface area contributed by atoms with Gasteiger partial charge in [0.25, 0.3) is 11.5 Å². The first kappa shape index (κ1) is 15.6. The van der Waals surface area contributed by atoms with Crippen molar-refractivity contribution in [3.63, 3.8) is 0 Å². The number of halogens is 1. The number of rotatable bonds is 3. The molecule has 0 radical (unpaired) electrons. The molecule has 23 heavy (non-hydrogen) atoms. The van der Waals surface area contributed by atoms with E-state index in [-0.39, 0.29) is 42.2 Å². The quantitative estimate of drug-likeness (QED) is 0.930. The van der Waals surface area contributed by atoms with Crippen molar-refractivity contribution in [3.8, 4) is 0 Å². The Bertz CT molecular complexity index is 827. The number of carbonyl (C=O) groups excluding carboxylic acids is 1. The van der Waals surface area contributed by atoms with Gasteiger partial charge in [0.2, 0.25) is 5.95 Å². The number of hydrogen-bond acceptors (Lipinski definition) is 4. The molecule has 1 amide bonds. The lowest BCUT2D eigenvalue weighted by molar-refractivity contribution is 0.0726. The van der Waals surface area contributed by atoms with E-state index in [2.05, 4.69) is 4.98 Å². The SMILES string of the molecule is CC(C)N1Cc2c(nc(N)n(Cc3ccc(Cl)cc3)c2=O)C1=O. The van der Waals surface area contributed by atoms with Crippen LogP contribution in [0.5, 0.6) is 0 Å². The Morgan fingerprint density at radius 1 is 1.26 bits per heavy atom. The number of nitrogens with two attached hydrogens (primary N) is 1. The van der Waals surface area contributed by atoms with Gasteiger partial charge >= 0.3 is 0 Å². The smallest absolute Gasteiger partial charge is 0.273 e. The zero-order valence-corrected chi connectivity index (χ0v) is 13.7. The van der Waals surface area contributed by atoms with Crippen molar-refractivity contribution in [2.24, 2.45) is 0 Å². The predicted molar refractivity (Wildman–Crippen MR) is 88.5 cm³/mol. The largest absolute Gasteiger partial charge is 0.369 e. The molecule has 2 aromatic rings. The van der Waals surface area contributed by atoms with Crippen LogP contribution in [0.15, 0.2) is 29.1 Å². The standard InChI is InChI=1S/C16H17ClN4O2/c1-9(2)20-8-12-13(15(20)23)19-16(18)21(14(12)22)7-10-3-5-11(17)6-4-10/h3-6,9H,7-8H2,1-2H3,(H2,18,19). The summed E-state index contributed by atoms with van der Waals surface area (Å²) in [6, 6.07) is 7.16. The highest BCUT2D eigenvalue weighted by atomic mass is 35.5. The van der Waals surface area contributed by atoms with Crippen LogP contribution >= 0.6 is 11.6 Å². The Kier molecular flexibility index (Phi) is 3.85. The molecule has 1 aliphatic rings. The molecule has 1 aromatic heterocycles. The molecule has 0 saturated heterocycles. The molecule has 3 rings (SSSR count). The summed E-state index contributed by atoms with van der Waals surface area (Å²) in [5.41, 5.74) is 7.11. The van der Waals surface area contributed by atoms with Crippen LogP contribution in [-0.4, -0.2) is 26.4 Å². The minimum absolute atomic E-state index is 0.00189. The number of carbonyl (C=O) groups is 1. The van der Waals surface area contributed by atoms with Crippen LogP contribution in [0.2, 0.25) is 5.02 Å². The molecule has 2 heterocycles. The van der Waals surface area contributed by atoms with Crippen molar-refractivity contribution >= 4 is 23.5 Å². The molecule has 1 aromatic carbocycles. The first-order valence-corrected chi connectivity index (χ1v) is 7.71. The van der Waals surface area contributed by atoms with Crippen molar-refractivity contribution in [1.82, 2.24) is 14.5 Å². The molecule has 0 saturated carbocycles. The van der Waals surface area contributed by atoms with Crippen molar-refractivity contribution in [2.45, 2.75) is 33.0 Å². The molecule has 0 spiro atoms. The Hall–Kier alpha value is -2.34. The van der Waals surface area contributed by atoms with Crippen molar-refractivity contribution < 1.29 is 4.79 Å². The van der Waals surface area contributed by atoms with Crippen LogP contribution in [-0.2, 0) is 13.1 Å². The summed E-state index contributed by atoms with van der Waals surface area (Å²) < 4.78 is 1.39. The molecule has 0 unspecified atom stereocenters. The van der Waals surface area contributed by atoms with Gasteiger partial charge in [0, 0.05) is 11.1 Å². The summed E-state index contributed by atoms with van der Waals surface area (Å²) in [5.74, 6) is -0.194. The third kappa shape index (κ3) is 2.70. The van der Waals surface area contributed by atoms with Gasteiger partial charge in [-0.25, -0.2) is 4.98 Å². The highest BCUT2D eigenvalue weighted by molar-refractivity contribution is 6.30. The lowest BCUT2D eigenvalue weighted by atomic mass is 10.2. The maximum absolute atomic E-state index is 12.7. The summed E-state index contributed by atoms with van der Waals surface area (Å²) in [5, 5.41) is 0.624. The maximum atomic E-state index is 12.7. The van der Waals surface area contributed by atoms with Gasteiger partial charge in [0.1, 0.15) is 5.69 Å². The van der Waals surface area contributed by atoms with Gasteiger partial charge in [-0.15, -0.1) is 0 Å². The summed E-state index contributed by atoms with van der Waals surface area (Å²) in [6.07, 6.45) is 0. The summed E-state index contributed by atoms with van der Waals surface area (Å²) in [7, 11) is 0. The third-order valence-electron chi connectivity index (χ3n) is 3.96. The third-order valence-corrected chi connectivity index (χ3v) is 4.21. The zero-order chi connectivity index (χ0) is 16.7. The number of benzene rings is 1. The molecule has 0 atom stereocenters. The van der Waals surface area contributed by atoms with E-state index in [1.807, 2.05) is 26.0 Å². The molecule has 7 heteroatoms. The van der Waals surface area contributed by atoms with Crippen LogP contribution in [0.1, 0.15) is 35.5 Å². The highest BCUT2D eigenvalue weighted by Crippen LogP contribution is 2.21. The second-order valence-electron chi connectivity index (χ2n) is 5.84. The van der Waals surface area contributed by atoms with Crippen LogP contribution < -0.4 is 11.3 Å². The number of nitrogens with zero attached hydrogens (tertiary/aromatic N) is 3. The Labute approximate surface area is 138 Å². The molecule has 0 bridgehead atoms. The Morgan fingerprint density at radius 2 is 1.91 bits per heavy atom. The van der Waals surface area contributed by atoms with Gasteiger partial charge in [0.15, 0.2) is 0 Å². The fourth-order valence-corrected chi connectivity index (χ4v) is 2.78. The van der Waals surface area contributed by atoms with E-state index >= 15 is 0 Å². The van der Waals surface area contributed by atoms with Gasteiger partial charge in [-0.2, -0.15) is 0 Å². The first-order chi connectivity index (χ1) is 10.9. The summed E-state index contributed by atoms with van der Waals surface area (Å²) in [4.78, 5) is 30.8. The monoisotopic (exact) mass is 332 g/mol. The average Bonchev–Trinajstić information content (AvgIpc) is 2.83. The molecule has 120 valence electrons. The van der Waals surface area contributed by atoms with E-state index < -0.39 is 0 Å². The van der Waals surface area contributed by atoms with Gasteiger partial charge < -0.3 is 10.6 Å². The van der Waals surface area contributed by atoms with Crippen LogP contribution in [0.4, 0.5) is 5.95 Å². The van der Waals surface area contributed by atoms with Crippen molar-refractivity contribution in [2.75, 3.05) is 5.73 Å². The van der Waals surface area contributed by atoms with Gasteiger partial charge in [-0.05, 0) is 31.5 Å². The number of amides is 1. The second-order valence-corrected chi connectivity index (χ2v) is 6.28. The number of fused-ring (bicyclic) bond motifs is 1. The number of hydrogen-bond donors (Lipinski definition) is 1. The predicted octanol–water partition coefficient (Wildman–Crippen LogP) is 1.89. The lowest BCUT2D eigenvalue weighted by Gasteiger charge is -2.19. The van der Waals surface area contributed by atoms with Gasteiger partial charge in [-0.1, -0.05) is 23.7 Å². The van der Waals surface area contributed by atoms with E-state index in [1.165, 1.54) is 4.57 Å². The van der Waals surface area contributed by atoms with Crippen molar-refractivity contribution in [3.05, 3.63) is 56.5 Å². The molecule has 6 nitrogen and oxygen atoms in total. The van der Waals surface area contributed by atoms with E-state index in [4.69, 9.17) is 17.3 Å². The summed E-state index contributed by atoms with van der Waals surface area (Å²) >= 11 is 5.87. The van der Waals surface area contributed by atoms with Crippen molar-refractivity contribution in [1.29, 1.82) is 0 Å². The molecule has 0 fully saturated rings. The number of aromatic nitrogens is 2. The van der Waals surface area contributed by atoms with E-state index in [1.54, 1.807) is 17.0 Å². The minimum Gasteiger partial charge on any atom is -0.369 e. The Morgan fingerprint density at radius 3 is 2.52 bits per heavy atom. The van der Waals surface area contributed by atoms with Crippen LogP contribution in [0.3, 0.4) is 0 Å². The van der Waals surface area contributed by atoms with E-state index in [9.17, 15) is 9.59 Å². The average molecular weight is 333 g/mol. The normalized spacial score (nSPS) is 13.7. The summed E-state index contributed by atoms with van der Waals surface area (Å²) in [6.45, 7) is 4.37. The van der Waals surface area contributed by atoms with Gasteiger partial charge in [0.05, 0.1) is 18.7 Å². The first-order valence-electron chi connectivity index (χ1n) is 7.33. The van der Waals surface area contributed by atoms with Crippen LogP contribution in [0.25, 0.3) is 0 Å². The fraction of sp³-hybridized carbons (Fsp3) is 0.312. The molecule has 2 N–H and O–H groups in total. The fourth-order valence-electron chi connectivity index (χ4n) is 2.65. The molecular formula is C16H17ClN4O2. The Balaban J connectivity index is 2.02. The van der Waals surface area contributed by atoms with E-state index in [0.717, 1.165) is 5.56 Å². The number of anilines is 1. The molecule has 0 aliphatic carbocycles. The minimum atomic E-state index is -0.265.